The quantitative estimate of drug-likeness (QED) is 0.674. The molecule has 0 saturated heterocycles. The Morgan fingerprint density at radius 2 is 1.79 bits per heavy atom. The second-order valence-electron chi connectivity index (χ2n) is 6.57. The molecule has 0 aliphatic heterocycles. The van der Waals surface area contributed by atoms with Gasteiger partial charge in [-0.15, -0.1) is 0 Å². The number of amides is 2. The van der Waals surface area contributed by atoms with E-state index in [0.29, 0.717) is 40.3 Å². The number of aryl methyl sites for hydroxylation is 1. The van der Waals surface area contributed by atoms with E-state index in [1.54, 1.807) is 44.2 Å². The first-order valence-electron chi connectivity index (χ1n) is 9.01. The van der Waals surface area contributed by atoms with Gasteiger partial charge in [0.2, 0.25) is 0 Å². The number of carbonyl (C=O) groups is 2. The average Bonchev–Trinajstić information content (AvgIpc) is 3.04. The van der Waals surface area contributed by atoms with Crippen LogP contribution in [0.15, 0.2) is 34.9 Å². The molecule has 2 aromatic heterocycles. The van der Waals surface area contributed by atoms with Crippen LogP contribution in [0.4, 0.5) is 16.2 Å². The summed E-state index contributed by atoms with van der Waals surface area (Å²) in [5.74, 6) is -0.152. The van der Waals surface area contributed by atoms with E-state index in [2.05, 4.69) is 20.8 Å². The Labute approximate surface area is 162 Å². The number of carbonyl (C=O) groups excluding carboxylic acids is 2. The number of hydrogen-bond acceptors (Lipinski definition) is 6. The molecule has 2 N–H and O–H groups in total. The Kier molecular flexibility index (Phi) is 5.58. The van der Waals surface area contributed by atoms with Crippen molar-refractivity contribution in [1.29, 1.82) is 0 Å². The Morgan fingerprint density at radius 3 is 2.39 bits per heavy atom. The third-order valence-corrected chi connectivity index (χ3v) is 4.14. The predicted molar refractivity (Wildman–Crippen MR) is 106 cm³/mol. The third kappa shape index (κ3) is 4.11. The lowest BCUT2D eigenvalue weighted by Crippen LogP contribution is -2.15. The number of rotatable bonds is 5. The molecule has 0 bridgehead atoms. The Morgan fingerprint density at radius 1 is 1.14 bits per heavy atom. The Bertz CT molecular complexity index is 1010. The third-order valence-electron chi connectivity index (χ3n) is 4.14. The van der Waals surface area contributed by atoms with Crippen molar-refractivity contribution in [2.75, 3.05) is 17.2 Å². The highest BCUT2D eigenvalue weighted by Crippen LogP contribution is 2.26. The van der Waals surface area contributed by atoms with E-state index in [0.717, 1.165) is 5.69 Å². The fourth-order valence-corrected chi connectivity index (χ4v) is 2.71. The summed E-state index contributed by atoms with van der Waals surface area (Å²) in [6.45, 7) is 7.79. The summed E-state index contributed by atoms with van der Waals surface area (Å²) >= 11 is 0. The number of fused-ring (bicyclic) bond motifs is 1. The summed E-state index contributed by atoms with van der Waals surface area (Å²) in [6, 6.07) is 8.52. The summed E-state index contributed by atoms with van der Waals surface area (Å²) in [5, 5.41) is 9.99. The van der Waals surface area contributed by atoms with Gasteiger partial charge in [-0.2, -0.15) is 0 Å². The first kappa shape index (κ1) is 19.3. The standard InChI is InChI=1S/C20H22N4O4/c1-5-27-20(26)22-14-8-6-13(7-9-14)21-18(25)15-10-16(11(2)3)23-19-17(15)12(4)24-28-19/h6-11H,5H2,1-4H3,(H,21,25)(H,22,26). The molecule has 0 fully saturated rings. The lowest BCUT2D eigenvalue weighted by Gasteiger charge is -2.10. The number of aromatic nitrogens is 2. The number of hydrogen-bond donors (Lipinski definition) is 2. The largest absolute Gasteiger partial charge is 0.450 e. The predicted octanol–water partition coefficient (Wildman–Crippen LogP) is 4.48. The van der Waals surface area contributed by atoms with Crippen LogP contribution in [-0.4, -0.2) is 28.7 Å². The summed E-state index contributed by atoms with van der Waals surface area (Å²) in [7, 11) is 0. The van der Waals surface area contributed by atoms with Gasteiger partial charge in [0.1, 0.15) is 0 Å². The molecule has 146 valence electrons. The lowest BCUT2D eigenvalue weighted by molar-refractivity contribution is 0.102. The molecular formula is C20H22N4O4. The Balaban J connectivity index is 1.83. The van der Waals surface area contributed by atoms with Gasteiger partial charge in [-0.3, -0.25) is 10.1 Å². The summed E-state index contributed by atoms with van der Waals surface area (Å²) < 4.78 is 10.1. The fourth-order valence-electron chi connectivity index (χ4n) is 2.71. The minimum absolute atomic E-state index is 0.134. The summed E-state index contributed by atoms with van der Waals surface area (Å²) in [6.07, 6.45) is -0.525. The minimum atomic E-state index is -0.525. The van der Waals surface area contributed by atoms with E-state index in [-0.39, 0.29) is 11.8 Å². The van der Waals surface area contributed by atoms with Crippen LogP contribution < -0.4 is 10.6 Å². The molecule has 0 aliphatic rings. The lowest BCUT2D eigenvalue weighted by atomic mass is 10.0. The second kappa shape index (κ2) is 8.08. The molecule has 0 aliphatic carbocycles. The fraction of sp³-hybridized carbons (Fsp3) is 0.300. The van der Waals surface area contributed by atoms with Crippen molar-refractivity contribution in [3.63, 3.8) is 0 Å². The van der Waals surface area contributed by atoms with Crippen molar-refractivity contribution >= 4 is 34.5 Å². The molecule has 1 aromatic carbocycles. The van der Waals surface area contributed by atoms with Gasteiger partial charge in [0.05, 0.1) is 23.3 Å². The van der Waals surface area contributed by atoms with Crippen LogP contribution in [0, 0.1) is 6.92 Å². The molecule has 0 saturated carbocycles. The smallest absolute Gasteiger partial charge is 0.411 e. The van der Waals surface area contributed by atoms with E-state index < -0.39 is 6.09 Å². The first-order chi connectivity index (χ1) is 13.4. The zero-order valence-electron chi connectivity index (χ0n) is 16.2. The van der Waals surface area contributed by atoms with Gasteiger partial charge in [0.15, 0.2) is 0 Å². The molecule has 0 unspecified atom stereocenters. The maximum absolute atomic E-state index is 12.9. The summed E-state index contributed by atoms with van der Waals surface area (Å²) in [5.41, 5.74) is 3.33. The molecule has 8 heteroatoms. The molecule has 0 spiro atoms. The number of anilines is 2. The van der Waals surface area contributed by atoms with Crippen LogP contribution in [0.5, 0.6) is 0 Å². The number of nitrogens with one attached hydrogen (secondary N) is 2. The van der Waals surface area contributed by atoms with Crippen LogP contribution in [0.3, 0.4) is 0 Å². The summed E-state index contributed by atoms with van der Waals surface area (Å²) in [4.78, 5) is 28.8. The second-order valence-corrected chi connectivity index (χ2v) is 6.57. The number of benzene rings is 1. The average molecular weight is 382 g/mol. The highest BCUT2D eigenvalue weighted by molar-refractivity contribution is 6.12. The molecule has 0 atom stereocenters. The van der Waals surface area contributed by atoms with Crippen LogP contribution in [0.1, 0.15) is 48.4 Å². The van der Waals surface area contributed by atoms with Gasteiger partial charge in [0.25, 0.3) is 11.6 Å². The monoisotopic (exact) mass is 382 g/mol. The first-order valence-corrected chi connectivity index (χ1v) is 9.01. The van der Waals surface area contributed by atoms with Crippen LogP contribution >= 0.6 is 0 Å². The van der Waals surface area contributed by atoms with Crippen LogP contribution in [-0.2, 0) is 4.74 Å². The number of nitrogens with zero attached hydrogens (tertiary/aromatic N) is 2. The van der Waals surface area contributed by atoms with E-state index in [9.17, 15) is 9.59 Å². The maximum Gasteiger partial charge on any atom is 0.411 e. The zero-order valence-corrected chi connectivity index (χ0v) is 16.2. The van der Waals surface area contributed by atoms with Gasteiger partial charge in [-0.25, -0.2) is 9.78 Å². The van der Waals surface area contributed by atoms with Gasteiger partial charge < -0.3 is 14.6 Å². The minimum Gasteiger partial charge on any atom is -0.450 e. The van der Waals surface area contributed by atoms with Crippen molar-refractivity contribution in [1.82, 2.24) is 10.1 Å². The van der Waals surface area contributed by atoms with Gasteiger partial charge in [-0.1, -0.05) is 19.0 Å². The molecule has 28 heavy (non-hydrogen) atoms. The van der Waals surface area contributed by atoms with E-state index in [1.807, 2.05) is 13.8 Å². The van der Waals surface area contributed by atoms with Gasteiger partial charge in [-0.05, 0) is 50.1 Å². The van der Waals surface area contributed by atoms with Gasteiger partial charge >= 0.3 is 6.09 Å². The normalized spacial score (nSPS) is 10.9. The van der Waals surface area contributed by atoms with Gasteiger partial charge in [0, 0.05) is 17.1 Å². The number of ether oxygens (including phenoxy) is 1. The van der Waals surface area contributed by atoms with E-state index in [4.69, 9.17) is 9.26 Å². The molecule has 2 amide bonds. The molecular weight excluding hydrogens is 360 g/mol. The van der Waals surface area contributed by atoms with Crippen LogP contribution in [0.2, 0.25) is 0 Å². The van der Waals surface area contributed by atoms with Crippen molar-refractivity contribution in [2.45, 2.75) is 33.6 Å². The van der Waals surface area contributed by atoms with Crippen LogP contribution in [0.25, 0.3) is 11.1 Å². The molecule has 3 aromatic rings. The van der Waals surface area contributed by atoms with Crippen molar-refractivity contribution in [3.8, 4) is 0 Å². The Hall–Kier alpha value is -3.42. The van der Waals surface area contributed by atoms with Crippen molar-refractivity contribution < 1.29 is 18.8 Å². The molecule has 8 nitrogen and oxygen atoms in total. The number of pyridine rings is 1. The maximum atomic E-state index is 12.9. The molecule has 3 rings (SSSR count). The van der Waals surface area contributed by atoms with Crippen molar-refractivity contribution in [2.24, 2.45) is 0 Å². The van der Waals surface area contributed by atoms with E-state index >= 15 is 0 Å². The topological polar surface area (TPSA) is 106 Å². The molecule has 2 heterocycles. The zero-order chi connectivity index (χ0) is 20.3. The SMILES string of the molecule is CCOC(=O)Nc1ccc(NC(=O)c2cc(C(C)C)nc3onc(C)c23)cc1. The van der Waals surface area contributed by atoms with E-state index in [1.165, 1.54) is 0 Å². The highest BCUT2D eigenvalue weighted by atomic mass is 16.5. The van der Waals surface area contributed by atoms with Crippen molar-refractivity contribution in [3.05, 3.63) is 47.3 Å². The molecule has 0 radical (unpaired) electrons. The highest BCUT2D eigenvalue weighted by Gasteiger charge is 2.20.